The van der Waals surface area contributed by atoms with Gasteiger partial charge in [-0.1, -0.05) is 0 Å². The van der Waals surface area contributed by atoms with E-state index in [1.165, 1.54) is 23.5 Å². The largest absolute Gasteiger partial charge is 0.445 e. The lowest BCUT2D eigenvalue weighted by Gasteiger charge is -2.23. The summed E-state index contributed by atoms with van der Waals surface area (Å²) < 4.78 is 5.38. The van der Waals surface area contributed by atoms with Crippen molar-refractivity contribution in [3.05, 3.63) is 56.0 Å². The topological polar surface area (TPSA) is 106 Å². The van der Waals surface area contributed by atoms with Gasteiger partial charge < -0.3 is 14.7 Å². The first-order chi connectivity index (χ1) is 13.0. The van der Waals surface area contributed by atoms with Crippen LogP contribution in [0.2, 0.25) is 0 Å². The number of aliphatic hydroxyl groups is 1. The van der Waals surface area contributed by atoms with Crippen molar-refractivity contribution in [1.82, 2.24) is 9.88 Å². The Morgan fingerprint density at radius 1 is 1.44 bits per heavy atom. The summed E-state index contributed by atoms with van der Waals surface area (Å²) in [7, 11) is 0. The number of aromatic nitrogens is 1. The van der Waals surface area contributed by atoms with Crippen molar-refractivity contribution in [3.63, 3.8) is 0 Å². The zero-order valence-corrected chi connectivity index (χ0v) is 16.1. The molecule has 1 aliphatic rings. The molecule has 1 saturated heterocycles. The van der Waals surface area contributed by atoms with Gasteiger partial charge in [-0.2, -0.15) is 12.6 Å². The van der Waals surface area contributed by atoms with Gasteiger partial charge in [0, 0.05) is 41.8 Å². The number of hydrogen-bond acceptors (Lipinski definition) is 8. The van der Waals surface area contributed by atoms with Crippen LogP contribution in [0.5, 0.6) is 0 Å². The molecule has 1 amide bonds. The number of aliphatic hydroxyl groups excluding tert-OH is 1. The van der Waals surface area contributed by atoms with Gasteiger partial charge in [-0.25, -0.2) is 9.78 Å². The number of thiol groups is 1. The number of amides is 1. The summed E-state index contributed by atoms with van der Waals surface area (Å²) in [5.74, 6) is 0. The summed E-state index contributed by atoms with van der Waals surface area (Å²) in [6.45, 7) is 0.436. The standard InChI is InChI=1S/C17H19N3O5S2/c21-8-12-10-27-16(18-12)6-14-5-15(26)7-19(14)17(22)25-9-11-1-3-13(4-2-11)20(23)24/h1-4,10,14-15,21,26H,5-9H2/t14-,15-/m0/s1. The maximum Gasteiger partial charge on any atom is 0.410 e. The summed E-state index contributed by atoms with van der Waals surface area (Å²) in [6, 6.07) is 5.84. The molecule has 27 heavy (non-hydrogen) atoms. The SMILES string of the molecule is O=C(OCc1ccc([N+](=O)[O-])cc1)N1C[C@@H](S)C[C@H]1Cc1nc(CO)cs1. The molecule has 1 aromatic carbocycles. The van der Waals surface area contributed by atoms with Gasteiger partial charge in [-0.15, -0.1) is 11.3 Å². The second-order valence-corrected chi connectivity index (χ2v) is 7.94. The van der Waals surface area contributed by atoms with Crippen LogP contribution in [0.3, 0.4) is 0 Å². The van der Waals surface area contributed by atoms with E-state index >= 15 is 0 Å². The number of benzene rings is 1. The van der Waals surface area contributed by atoms with E-state index in [-0.39, 0.29) is 30.2 Å². The van der Waals surface area contributed by atoms with Gasteiger partial charge in [-0.05, 0) is 24.1 Å². The highest BCUT2D eigenvalue weighted by molar-refractivity contribution is 7.81. The van der Waals surface area contributed by atoms with Crippen LogP contribution in [0.25, 0.3) is 0 Å². The Kier molecular flexibility index (Phi) is 6.30. The first-order valence-corrected chi connectivity index (χ1v) is 9.74. The molecule has 1 aromatic heterocycles. The zero-order chi connectivity index (χ0) is 19.4. The molecule has 3 rings (SSSR count). The lowest BCUT2D eigenvalue weighted by atomic mass is 10.1. The number of nitro benzene ring substituents is 1. The molecule has 144 valence electrons. The molecule has 2 atom stereocenters. The molecule has 8 nitrogen and oxygen atoms in total. The monoisotopic (exact) mass is 409 g/mol. The minimum Gasteiger partial charge on any atom is -0.445 e. The van der Waals surface area contributed by atoms with Crippen molar-refractivity contribution in [3.8, 4) is 0 Å². The second kappa shape index (κ2) is 8.68. The highest BCUT2D eigenvalue weighted by Gasteiger charge is 2.35. The average molecular weight is 409 g/mol. The van der Waals surface area contributed by atoms with E-state index in [1.807, 2.05) is 0 Å². The van der Waals surface area contributed by atoms with Crippen molar-refractivity contribution in [2.24, 2.45) is 0 Å². The molecule has 10 heteroatoms. The van der Waals surface area contributed by atoms with Crippen molar-refractivity contribution in [2.45, 2.75) is 37.3 Å². The Hall–Kier alpha value is -2.17. The van der Waals surface area contributed by atoms with Crippen LogP contribution in [0.15, 0.2) is 29.6 Å². The molecule has 0 saturated carbocycles. The quantitative estimate of drug-likeness (QED) is 0.432. The van der Waals surface area contributed by atoms with Gasteiger partial charge in [0.05, 0.1) is 22.2 Å². The minimum atomic E-state index is -0.474. The van der Waals surface area contributed by atoms with E-state index in [2.05, 4.69) is 17.6 Å². The van der Waals surface area contributed by atoms with Gasteiger partial charge in [0.2, 0.25) is 0 Å². The fourth-order valence-electron chi connectivity index (χ4n) is 2.97. The van der Waals surface area contributed by atoms with Gasteiger partial charge in [0.1, 0.15) is 6.61 Å². The number of ether oxygens (including phenoxy) is 1. The van der Waals surface area contributed by atoms with E-state index in [0.717, 1.165) is 11.4 Å². The van der Waals surface area contributed by atoms with Gasteiger partial charge in [0.15, 0.2) is 0 Å². The van der Waals surface area contributed by atoms with E-state index in [9.17, 15) is 14.9 Å². The van der Waals surface area contributed by atoms with Crippen LogP contribution in [0, 0.1) is 10.1 Å². The molecule has 1 aliphatic heterocycles. The lowest BCUT2D eigenvalue weighted by Crippen LogP contribution is -2.37. The van der Waals surface area contributed by atoms with Crippen molar-refractivity contribution in [1.29, 1.82) is 0 Å². The number of hydrogen-bond donors (Lipinski definition) is 2. The molecule has 0 aliphatic carbocycles. The molecule has 0 unspecified atom stereocenters. The minimum absolute atomic E-state index is 0.00621. The molecule has 0 spiro atoms. The first kappa shape index (κ1) is 19.6. The van der Waals surface area contributed by atoms with E-state index < -0.39 is 11.0 Å². The summed E-state index contributed by atoms with van der Waals surface area (Å²) in [5.41, 5.74) is 1.30. The highest BCUT2D eigenvalue weighted by Crippen LogP contribution is 2.27. The van der Waals surface area contributed by atoms with E-state index in [1.54, 1.807) is 22.4 Å². The van der Waals surface area contributed by atoms with Crippen LogP contribution in [-0.2, 0) is 24.4 Å². The number of non-ortho nitro benzene ring substituents is 1. The van der Waals surface area contributed by atoms with E-state index in [0.29, 0.717) is 24.2 Å². The van der Waals surface area contributed by atoms with Crippen LogP contribution < -0.4 is 0 Å². The molecule has 0 bridgehead atoms. The lowest BCUT2D eigenvalue weighted by molar-refractivity contribution is -0.384. The van der Waals surface area contributed by atoms with E-state index in [4.69, 9.17) is 9.84 Å². The Balaban J connectivity index is 1.59. The summed E-state index contributed by atoms with van der Waals surface area (Å²) >= 11 is 5.95. The molecule has 2 aromatic rings. The maximum atomic E-state index is 12.5. The molecule has 0 radical (unpaired) electrons. The normalized spacial score (nSPS) is 19.3. The average Bonchev–Trinajstić information content (AvgIpc) is 3.26. The maximum absolute atomic E-state index is 12.5. The number of carbonyl (C=O) groups excluding carboxylic acids is 1. The van der Waals surface area contributed by atoms with Crippen LogP contribution >= 0.6 is 24.0 Å². The third kappa shape index (κ3) is 4.96. The number of likely N-dealkylation sites (tertiary alicyclic amines) is 1. The van der Waals surface area contributed by atoms with Crippen LogP contribution in [-0.4, -0.2) is 43.8 Å². The number of thiazole rings is 1. The predicted octanol–water partition coefficient (Wildman–Crippen LogP) is 2.80. The highest BCUT2D eigenvalue weighted by atomic mass is 32.1. The summed E-state index contributed by atoms with van der Waals surface area (Å²) in [4.78, 5) is 28.7. The smallest absolute Gasteiger partial charge is 0.410 e. The van der Waals surface area contributed by atoms with Gasteiger partial charge >= 0.3 is 6.09 Å². The van der Waals surface area contributed by atoms with Crippen molar-refractivity contribution >= 4 is 35.7 Å². The molecule has 1 N–H and O–H groups in total. The van der Waals surface area contributed by atoms with Crippen LogP contribution in [0.1, 0.15) is 22.7 Å². The summed E-state index contributed by atoms with van der Waals surface area (Å²) in [6.07, 6.45) is 0.895. The first-order valence-electron chi connectivity index (χ1n) is 8.35. The fourth-order valence-corrected chi connectivity index (χ4v) is 4.24. The summed E-state index contributed by atoms with van der Waals surface area (Å²) in [5, 5.41) is 22.5. The predicted molar refractivity (Wildman–Crippen MR) is 103 cm³/mol. The molecular formula is C17H19N3O5S2. The zero-order valence-electron chi connectivity index (χ0n) is 14.4. The number of nitro groups is 1. The second-order valence-electron chi connectivity index (χ2n) is 6.27. The van der Waals surface area contributed by atoms with Gasteiger partial charge in [-0.3, -0.25) is 10.1 Å². The third-order valence-corrected chi connectivity index (χ3v) is 5.60. The Morgan fingerprint density at radius 3 is 2.81 bits per heavy atom. The number of carbonyl (C=O) groups is 1. The Labute approximate surface area is 165 Å². The third-order valence-electron chi connectivity index (χ3n) is 4.31. The number of rotatable bonds is 6. The van der Waals surface area contributed by atoms with Crippen molar-refractivity contribution < 1.29 is 19.6 Å². The Morgan fingerprint density at radius 2 is 2.19 bits per heavy atom. The number of nitrogens with zero attached hydrogens (tertiary/aromatic N) is 3. The molecule has 1 fully saturated rings. The van der Waals surface area contributed by atoms with Gasteiger partial charge in [0.25, 0.3) is 5.69 Å². The Bertz CT molecular complexity index is 811. The fraction of sp³-hybridized carbons (Fsp3) is 0.412. The van der Waals surface area contributed by atoms with Crippen LogP contribution in [0.4, 0.5) is 10.5 Å². The molecule has 2 heterocycles. The van der Waals surface area contributed by atoms with Crippen molar-refractivity contribution in [2.75, 3.05) is 6.54 Å². The molecular weight excluding hydrogens is 390 g/mol.